The molecular weight excluding hydrogens is 472 g/mol. The van der Waals surface area contributed by atoms with Gasteiger partial charge >= 0.3 is 5.91 Å². The maximum atomic E-state index is 13.2. The highest BCUT2D eigenvalue weighted by molar-refractivity contribution is 6.06. The zero-order valence-electron chi connectivity index (χ0n) is 20.6. The van der Waals surface area contributed by atoms with Crippen LogP contribution in [0.25, 0.3) is 17.0 Å². The molecule has 3 N–H and O–H groups in total. The van der Waals surface area contributed by atoms with Crippen molar-refractivity contribution in [3.63, 3.8) is 0 Å². The summed E-state index contributed by atoms with van der Waals surface area (Å²) in [5.74, 6) is -0.543. The first kappa shape index (κ1) is 25.2. The zero-order chi connectivity index (χ0) is 26.4. The van der Waals surface area contributed by atoms with Gasteiger partial charge in [0.05, 0.1) is 19.7 Å². The SMILES string of the molecule is CCc1cccc2c(N=NC(=O)/C(=C/c3cc(OC)ccc3OC)NC(=O)c3ccccc3)c(O)[nH]c12. The lowest BCUT2D eigenvalue weighted by atomic mass is 10.1. The van der Waals surface area contributed by atoms with Crippen molar-refractivity contribution in [3.05, 3.63) is 89.1 Å². The van der Waals surface area contributed by atoms with Crippen molar-refractivity contribution in [2.45, 2.75) is 13.3 Å². The molecule has 9 heteroatoms. The third kappa shape index (κ3) is 5.51. The topological polar surface area (TPSA) is 125 Å². The molecule has 9 nitrogen and oxygen atoms in total. The number of carbonyl (C=O) groups is 2. The second-order valence-electron chi connectivity index (χ2n) is 8.01. The van der Waals surface area contributed by atoms with E-state index >= 15 is 0 Å². The maximum Gasteiger partial charge on any atom is 0.311 e. The molecule has 0 saturated carbocycles. The predicted octanol–water partition coefficient (Wildman–Crippen LogP) is 5.53. The number of aromatic hydroxyl groups is 1. The second kappa shape index (κ2) is 11.2. The van der Waals surface area contributed by atoms with E-state index in [4.69, 9.17) is 9.47 Å². The van der Waals surface area contributed by atoms with Crippen LogP contribution in [0.1, 0.15) is 28.4 Å². The largest absolute Gasteiger partial charge is 0.497 e. The normalized spacial score (nSPS) is 11.6. The summed E-state index contributed by atoms with van der Waals surface area (Å²) < 4.78 is 10.7. The van der Waals surface area contributed by atoms with E-state index < -0.39 is 11.8 Å². The number of fused-ring (bicyclic) bond motifs is 1. The fourth-order valence-corrected chi connectivity index (χ4v) is 3.84. The van der Waals surface area contributed by atoms with Crippen molar-refractivity contribution >= 4 is 34.5 Å². The van der Waals surface area contributed by atoms with Crippen LogP contribution in [-0.2, 0) is 11.2 Å². The average Bonchev–Trinajstić information content (AvgIpc) is 3.26. The molecule has 0 saturated heterocycles. The Morgan fingerprint density at radius 1 is 1.03 bits per heavy atom. The van der Waals surface area contributed by atoms with Crippen LogP contribution < -0.4 is 14.8 Å². The summed E-state index contributed by atoms with van der Waals surface area (Å²) in [4.78, 5) is 29.0. The summed E-state index contributed by atoms with van der Waals surface area (Å²) in [5, 5.41) is 21.5. The van der Waals surface area contributed by atoms with Gasteiger partial charge in [-0.15, -0.1) is 10.2 Å². The van der Waals surface area contributed by atoms with E-state index in [-0.39, 0.29) is 17.3 Å². The molecule has 188 valence electrons. The molecule has 0 aliphatic heterocycles. The van der Waals surface area contributed by atoms with Crippen LogP contribution in [0.4, 0.5) is 5.69 Å². The first-order valence-electron chi connectivity index (χ1n) is 11.5. The maximum absolute atomic E-state index is 13.2. The summed E-state index contributed by atoms with van der Waals surface area (Å²) in [6.45, 7) is 2.00. The lowest BCUT2D eigenvalue weighted by Gasteiger charge is -2.10. The highest BCUT2D eigenvalue weighted by Gasteiger charge is 2.18. The van der Waals surface area contributed by atoms with Crippen LogP contribution >= 0.6 is 0 Å². The van der Waals surface area contributed by atoms with Crippen molar-refractivity contribution in [2.24, 2.45) is 10.2 Å². The van der Waals surface area contributed by atoms with E-state index in [9.17, 15) is 14.7 Å². The first-order chi connectivity index (χ1) is 17.9. The number of azo groups is 1. The van der Waals surface area contributed by atoms with E-state index in [1.165, 1.54) is 20.3 Å². The molecule has 3 aromatic carbocycles. The number of carbonyl (C=O) groups excluding carboxylic acids is 2. The summed E-state index contributed by atoms with van der Waals surface area (Å²) in [7, 11) is 3.01. The van der Waals surface area contributed by atoms with Gasteiger partial charge in [0.25, 0.3) is 5.91 Å². The Morgan fingerprint density at radius 2 is 1.81 bits per heavy atom. The number of para-hydroxylation sites is 1. The van der Waals surface area contributed by atoms with Crippen molar-refractivity contribution in [1.82, 2.24) is 10.3 Å². The van der Waals surface area contributed by atoms with E-state index in [1.807, 2.05) is 19.1 Å². The summed E-state index contributed by atoms with van der Waals surface area (Å²) in [6.07, 6.45) is 2.18. The number of H-pyrrole nitrogens is 1. The molecule has 2 amide bonds. The van der Waals surface area contributed by atoms with Crippen molar-refractivity contribution in [2.75, 3.05) is 14.2 Å². The Labute approximate surface area is 213 Å². The monoisotopic (exact) mass is 498 g/mol. The van der Waals surface area contributed by atoms with Gasteiger partial charge in [0.2, 0.25) is 5.88 Å². The Hall–Kier alpha value is -4.92. The fourth-order valence-electron chi connectivity index (χ4n) is 3.84. The molecule has 0 aliphatic rings. The Kier molecular flexibility index (Phi) is 7.63. The van der Waals surface area contributed by atoms with Gasteiger partial charge in [-0.25, -0.2) is 0 Å². The minimum Gasteiger partial charge on any atom is -0.497 e. The zero-order valence-corrected chi connectivity index (χ0v) is 20.6. The number of ether oxygens (including phenoxy) is 2. The van der Waals surface area contributed by atoms with Crippen LogP contribution in [-0.4, -0.2) is 36.1 Å². The molecule has 0 unspecified atom stereocenters. The van der Waals surface area contributed by atoms with Crippen LogP contribution in [0.5, 0.6) is 17.4 Å². The highest BCUT2D eigenvalue weighted by Crippen LogP contribution is 2.37. The lowest BCUT2D eigenvalue weighted by Crippen LogP contribution is -2.26. The van der Waals surface area contributed by atoms with Gasteiger partial charge in [0, 0.05) is 16.5 Å². The number of aromatic nitrogens is 1. The Bertz CT molecular complexity index is 1510. The van der Waals surface area contributed by atoms with Gasteiger partial charge in [0.1, 0.15) is 17.2 Å². The van der Waals surface area contributed by atoms with Gasteiger partial charge < -0.3 is 24.9 Å². The number of aromatic amines is 1. The van der Waals surface area contributed by atoms with Gasteiger partial charge in [-0.3, -0.25) is 9.59 Å². The Balaban J connectivity index is 1.74. The molecular formula is C28H26N4O5. The van der Waals surface area contributed by atoms with Crippen molar-refractivity contribution < 1.29 is 24.2 Å². The summed E-state index contributed by atoms with van der Waals surface area (Å²) in [6, 6.07) is 19.1. The third-order valence-corrected chi connectivity index (χ3v) is 5.75. The highest BCUT2D eigenvalue weighted by atomic mass is 16.5. The molecule has 1 heterocycles. The smallest absolute Gasteiger partial charge is 0.311 e. The Morgan fingerprint density at radius 3 is 2.51 bits per heavy atom. The number of hydrogen-bond donors (Lipinski definition) is 3. The molecule has 0 atom stereocenters. The minimum atomic E-state index is -0.824. The third-order valence-electron chi connectivity index (χ3n) is 5.75. The summed E-state index contributed by atoms with van der Waals surface area (Å²) >= 11 is 0. The molecule has 0 spiro atoms. The second-order valence-corrected chi connectivity index (χ2v) is 8.01. The molecule has 0 fully saturated rings. The molecule has 1 aromatic heterocycles. The standard InChI is InChI=1S/C28H26N4O5/c1-4-17-11-8-12-21-24(17)30-28(35)25(21)31-32-27(34)22(29-26(33)18-9-6-5-7-10-18)16-19-15-20(36-2)13-14-23(19)37-3/h5-16,30,35H,4H2,1-3H3,(H,29,33)/b22-16-,32-31?. The molecule has 0 radical (unpaired) electrons. The number of benzene rings is 3. The number of aryl methyl sites for hydroxylation is 1. The van der Waals surface area contributed by atoms with Crippen LogP contribution in [0, 0.1) is 0 Å². The average molecular weight is 499 g/mol. The van der Waals surface area contributed by atoms with E-state index in [1.54, 1.807) is 54.6 Å². The van der Waals surface area contributed by atoms with Crippen LogP contribution in [0.15, 0.2) is 82.7 Å². The first-order valence-corrected chi connectivity index (χ1v) is 11.5. The predicted molar refractivity (Wildman–Crippen MR) is 140 cm³/mol. The molecule has 4 aromatic rings. The van der Waals surface area contributed by atoms with Crippen LogP contribution in [0.3, 0.4) is 0 Å². The van der Waals surface area contributed by atoms with Gasteiger partial charge in [-0.2, -0.15) is 0 Å². The molecule has 0 aliphatic carbocycles. The quantitative estimate of drug-likeness (QED) is 0.217. The number of hydrogen-bond acceptors (Lipinski definition) is 6. The number of methoxy groups -OCH3 is 2. The van der Waals surface area contributed by atoms with Crippen molar-refractivity contribution in [1.29, 1.82) is 0 Å². The van der Waals surface area contributed by atoms with Gasteiger partial charge in [0.15, 0.2) is 5.69 Å². The fraction of sp³-hybridized carbons (Fsp3) is 0.143. The molecule has 37 heavy (non-hydrogen) atoms. The number of nitrogens with zero attached hydrogens (tertiary/aromatic N) is 2. The van der Waals surface area contributed by atoms with Gasteiger partial charge in [-0.05, 0) is 48.4 Å². The van der Waals surface area contributed by atoms with Crippen molar-refractivity contribution in [3.8, 4) is 17.4 Å². The van der Waals surface area contributed by atoms with Crippen LogP contribution in [0.2, 0.25) is 0 Å². The van der Waals surface area contributed by atoms with E-state index in [0.29, 0.717) is 28.0 Å². The van der Waals surface area contributed by atoms with Gasteiger partial charge in [-0.1, -0.05) is 43.3 Å². The molecule has 0 bridgehead atoms. The van der Waals surface area contributed by atoms with E-state index in [2.05, 4.69) is 20.5 Å². The summed E-state index contributed by atoms with van der Waals surface area (Å²) in [5.41, 5.74) is 2.54. The number of amides is 2. The minimum absolute atomic E-state index is 0.131. The number of rotatable bonds is 8. The lowest BCUT2D eigenvalue weighted by molar-refractivity contribution is -0.115. The molecule has 4 rings (SSSR count). The number of nitrogens with one attached hydrogen (secondary N) is 2. The van der Waals surface area contributed by atoms with E-state index in [0.717, 1.165) is 17.5 Å².